The van der Waals surface area contributed by atoms with Crippen molar-refractivity contribution < 1.29 is 80.2 Å². The van der Waals surface area contributed by atoms with Gasteiger partial charge in [-0.25, -0.2) is 9.13 Å². The van der Waals surface area contributed by atoms with E-state index in [4.69, 9.17) is 37.0 Å². The average molecular weight is 1230 g/mol. The average Bonchev–Trinajstić information content (AvgIpc) is 3.46. The minimum Gasteiger partial charge on any atom is -0.462 e. The lowest BCUT2D eigenvalue weighted by molar-refractivity contribution is -0.161. The molecule has 0 aliphatic heterocycles. The van der Waals surface area contributed by atoms with E-state index in [9.17, 15) is 43.2 Å². The van der Waals surface area contributed by atoms with Crippen LogP contribution in [0.4, 0.5) is 0 Å². The van der Waals surface area contributed by atoms with Gasteiger partial charge in [-0.05, 0) is 25.7 Å². The Labute approximate surface area is 505 Å². The Bertz CT molecular complexity index is 1600. The topological polar surface area (TPSA) is 237 Å². The molecule has 17 nitrogen and oxygen atoms in total. The summed E-state index contributed by atoms with van der Waals surface area (Å²) in [5.74, 6) is -2.15. The number of carbonyl (C=O) groups is 4. The van der Waals surface area contributed by atoms with Crippen LogP contribution in [0.2, 0.25) is 0 Å². The number of carbonyl (C=O) groups excluding carboxylic acids is 4. The van der Waals surface area contributed by atoms with Crippen LogP contribution in [0, 0.1) is 0 Å². The third kappa shape index (κ3) is 58.8. The van der Waals surface area contributed by atoms with E-state index in [-0.39, 0.29) is 25.7 Å². The fourth-order valence-corrected chi connectivity index (χ4v) is 11.2. The molecule has 0 aromatic heterocycles. The summed E-state index contributed by atoms with van der Waals surface area (Å²) < 4.78 is 67.7. The fraction of sp³-hybridized carbons (Fsp3) is 0.938. The molecule has 0 spiro atoms. The first kappa shape index (κ1) is 81.1. The van der Waals surface area contributed by atoms with Crippen molar-refractivity contribution >= 4 is 39.5 Å². The molecule has 0 aliphatic rings. The van der Waals surface area contributed by atoms with Gasteiger partial charge >= 0.3 is 39.5 Å². The molecular formula is C64H124O17P2. The van der Waals surface area contributed by atoms with Gasteiger partial charge < -0.3 is 33.8 Å². The van der Waals surface area contributed by atoms with E-state index in [0.29, 0.717) is 25.7 Å². The molecular weight excluding hydrogens is 1100 g/mol. The zero-order valence-corrected chi connectivity index (χ0v) is 54.9. The molecule has 0 saturated heterocycles. The lowest BCUT2D eigenvalue weighted by Gasteiger charge is -2.21. The lowest BCUT2D eigenvalue weighted by Crippen LogP contribution is -2.30. The Morgan fingerprint density at radius 1 is 0.289 bits per heavy atom. The first-order valence-electron chi connectivity index (χ1n) is 33.8. The maximum Gasteiger partial charge on any atom is 0.472 e. The van der Waals surface area contributed by atoms with E-state index in [1.54, 1.807) is 0 Å². The molecule has 0 fully saturated rings. The van der Waals surface area contributed by atoms with E-state index in [1.165, 1.54) is 141 Å². The van der Waals surface area contributed by atoms with Crippen LogP contribution in [0.1, 0.15) is 329 Å². The molecule has 0 saturated carbocycles. The Morgan fingerprint density at radius 3 is 0.711 bits per heavy atom. The first-order chi connectivity index (χ1) is 40.2. The highest BCUT2D eigenvalue weighted by Crippen LogP contribution is 2.45. The lowest BCUT2D eigenvalue weighted by atomic mass is 10.0. The molecule has 83 heavy (non-hydrogen) atoms. The summed E-state index contributed by atoms with van der Waals surface area (Å²) in [7, 11) is -9.87. The Morgan fingerprint density at radius 2 is 0.482 bits per heavy atom. The van der Waals surface area contributed by atoms with Crippen molar-refractivity contribution in [2.24, 2.45) is 0 Å². The van der Waals surface area contributed by atoms with Crippen molar-refractivity contribution in [3.63, 3.8) is 0 Å². The van der Waals surface area contributed by atoms with Crippen molar-refractivity contribution in [3.05, 3.63) is 0 Å². The second-order valence-corrected chi connectivity index (χ2v) is 26.1. The maximum atomic E-state index is 13.0. The minimum atomic E-state index is -4.94. The SMILES string of the molecule is CCCCCCCCCCCCCCCCCCC(=O)O[C@H](COC(=O)CCCCCCCCCCCCCCCCC)COP(=O)(O)OC[C@@H](O)COP(=O)(O)OC[C@@H](COC(=O)CCCCCCC)OC(=O)CCCCCCCCC. The maximum absolute atomic E-state index is 13.0. The van der Waals surface area contributed by atoms with E-state index >= 15 is 0 Å². The van der Waals surface area contributed by atoms with Crippen LogP contribution < -0.4 is 0 Å². The molecule has 0 amide bonds. The third-order valence-corrected chi connectivity index (χ3v) is 16.8. The third-order valence-electron chi connectivity index (χ3n) is 14.9. The van der Waals surface area contributed by atoms with Crippen molar-refractivity contribution in [1.82, 2.24) is 0 Å². The van der Waals surface area contributed by atoms with Crippen molar-refractivity contribution in [1.29, 1.82) is 0 Å². The smallest absolute Gasteiger partial charge is 0.462 e. The summed E-state index contributed by atoms with van der Waals surface area (Å²) in [4.78, 5) is 71.8. The van der Waals surface area contributed by atoms with Gasteiger partial charge in [0.2, 0.25) is 0 Å². The molecule has 0 aliphatic carbocycles. The van der Waals surface area contributed by atoms with Gasteiger partial charge in [-0.1, -0.05) is 278 Å². The van der Waals surface area contributed by atoms with Gasteiger partial charge in [-0.3, -0.25) is 37.3 Å². The monoisotopic (exact) mass is 1230 g/mol. The molecule has 3 N–H and O–H groups in total. The van der Waals surface area contributed by atoms with Crippen LogP contribution in [0.15, 0.2) is 0 Å². The molecule has 492 valence electrons. The molecule has 0 radical (unpaired) electrons. The molecule has 0 bridgehead atoms. The first-order valence-corrected chi connectivity index (χ1v) is 36.8. The molecule has 2 unspecified atom stereocenters. The van der Waals surface area contributed by atoms with Crippen LogP contribution in [-0.4, -0.2) is 96.7 Å². The van der Waals surface area contributed by atoms with Crippen LogP contribution in [0.5, 0.6) is 0 Å². The Hall–Kier alpha value is -1.94. The number of aliphatic hydroxyl groups excluding tert-OH is 1. The molecule has 0 heterocycles. The summed E-state index contributed by atoms with van der Waals surface area (Å²) in [6.45, 7) is 4.77. The van der Waals surface area contributed by atoms with Gasteiger partial charge in [0.1, 0.15) is 19.3 Å². The van der Waals surface area contributed by atoms with Gasteiger partial charge in [0.05, 0.1) is 26.4 Å². The minimum absolute atomic E-state index is 0.103. The zero-order valence-electron chi connectivity index (χ0n) is 53.2. The van der Waals surface area contributed by atoms with Crippen LogP contribution >= 0.6 is 15.6 Å². The highest BCUT2D eigenvalue weighted by molar-refractivity contribution is 7.47. The second-order valence-electron chi connectivity index (χ2n) is 23.2. The van der Waals surface area contributed by atoms with Gasteiger partial charge in [-0.15, -0.1) is 0 Å². The van der Waals surface area contributed by atoms with Crippen molar-refractivity contribution in [3.8, 4) is 0 Å². The molecule has 0 aromatic rings. The van der Waals surface area contributed by atoms with Gasteiger partial charge in [-0.2, -0.15) is 0 Å². The van der Waals surface area contributed by atoms with E-state index < -0.39 is 97.5 Å². The summed E-state index contributed by atoms with van der Waals surface area (Å²) in [6.07, 6.45) is 45.0. The highest BCUT2D eigenvalue weighted by Gasteiger charge is 2.30. The predicted octanol–water partition coefficient (Wildman–Crippen LogP) is 17.9. The van der Waals surface area contributed by atoms with E-state index in [2.05, 4.69) is 27.7 Å². The number of phosphoric acid groups is 2. The fourth-order valence-electron chi connectivity index (χ4n) is 9.63. The van der Waals surface area contributed by atoms with Crippen LogP contribution in [0.3, 0.4) is 0 Å². The molecule has 19 heteroatoms. The van der Waals surface area contributed by atoms with E-state index in [1.807, 2.05) is 0 Å². The van der Waals surface area contributed by atoms with Crippen molar-refractivity contribution in [2.75, 3.05) is 39.6 Å². The van der Waals surface area contributed by atoms with Crippen LogP contribution in [-0.2, 0) is 65.4 Å². The van der Waals surface area contributed by atoms with Gasteiger partial charge in [0, 0.05) is 25.7 Å². The predicted molar refractivity (Wildman–Crippen MR) is 331 cm³/mol. The summed E-state index contributed by atoms with van der Waals surface area (Å²) in [5.41, 5.74) is 0. The van der Waals surface area contributed by atoms with Gasteiger partial charge in [0.15, 0.2) is 12.2 Å². The Kier molecular flexibility index (Phi) is 57.7. The number of hydrogen-bond donors (Lipinski definition) is 3. The normalized spacial score (nSPS) is 14.2. The number of phosphoric ester groups is 2. The van der Waals surface area contributed by atoms with Crippen LogP contribution in [0.25, 0.3) is 0 Å². The quantitative estimate of drug-likeness (QED) is 0.0222. The van der Waals surface area contributed by atoms with Crippen molar-refractivity contribution in [2.45, 2.75) is 348 Å². The highest BCUT2D eigenvalue weighted by atomic mass is 31.2. The summed E-state index contributed by atoms with van der Waals surface area (Å²) in [5, 5.41) is 10.5. The van der Waals surface area contributed by atoms with E-state index in [0.717, 1.165) is 109 Å². The van der Waals surface area contributed by atoms with Gasteiger partial charge in [0.25, 0.3) is 0 Å². The number of rotatable bonds is 65. The number of unbranched alkanes of at least 4 members (excludes halogenated alkanes) is 39. The largest absolute Gasteiger partial charge is 0.472 e. The zero-order chi connectivity index (χ0) is 61.2. The number of ether oxygens (including phenoxy) is 4. The Balaban J connectivity index is 5.13. The number of esters is 4. The summed E-state index contributed by atoms with van der Waals surface area (Å²) in [6, 6.07) is 0. The summed E-state index contributed by atoms with van der Waals surface area (Å²) >= 11 is 0. The number of aliphatic hydroxyl groups is 1. The molecule has 0 rings (SSSR count). The second kappa shape index (κ2) is 59.0. The molecule has 5 atom stereocenters. The standard InChI is InChI=1S/C64H124O17P2/c1-5-9-13-17-20-22-24-26-28-30-32-34-36-39-43-47-51-64(69)81-60(55-75-62(67)49-45-41-38-35-33-31-29-27-25-23-21-18-14-10-6-2)57-79-83(72,73)77-53-58(65)52-76-82(70,71)78-56-59(54-74-61(66)48-44-40-16-12-8-4)80-63(68)50-46-42-37-19-15-11-7-3/h58-60,65H,5-57H2,1-4H3,(H,70,71)(H,72,73)/t58-,59+,60+/m0/s1. The number of hydrogen-bond acceptors (Lipinski definition) is 15. The molecule has 0 aromatic carbocycles.